The van der Waals surface area contributed by atoms with Gasteiger partial charge in [0, 0.05) is 33.8 Å². The van der Waals surface area contributed by atoms with Gasteiger partial charge >= 0.3 is 12.1 Å². The first-order valence-corrected chi connectivity index (χ1v) is 18.0. The largest absolute Gasteiger partial charge is 0.490 e. The molecule has 0 aliphatic rings. The zero-order chi connectivity index (χ0) is 36.3. The molecule has 2 N–H and O–H groups in total. The average Bonchev–Trinajstić information content (AvgIpc) is 3.56. The molecule has 0 radical (unpaired) electrons. The van der Waals surface area contributed by atoms with Gasteiger partial charge < -0.3 is 24.8 Å². The summed E-state index contributed by atoms with van der Waals surface area (Å²) in [6.07, 6.45) is 0.103. The van der Waals surface area contributed by atoms with Crippen molar-refractivity contribution in [2.75, 3.05) is 25.1 Å². The summed E-state index contributed by atoms with van der Waals surface area (Å²) >= 11 is 8.94. The molecular weight excluding hydrogens is 696 g/mol. The molecule has 0 saturated carbocycles. The van der Waals surface area contributed by atoms with Gasteiger partial charge in [-0.05, 0) is 63.9 Å². The van der Waals surface area contributed by atoms with Crippen molar-refractivity contribution in [3.05, 3.63) is 75.8 Å². The van der Waals surface area contributed by atoms with Crippen LogP contribution < -0.4 is 15.4 Å². The molecule has 50 heavy (non-hydrogen) atoms. The SMILES string of the molecule is CCCNc1nc(SCc2csc(-c3ccc(Cl)cc3)n2)c(C#N)c(-c2ccc(OCCOC(=O)[C@H](C)NC(=O)OC(C)(C)C)cc2)c1C#N. The van der Waals surface area contributed by atoms with Gasteiger partial charge in [0.1, 0.15) is 64.2 Å². The third-order valence-electron chi connectivity index (χ3n) is 6.76. The number of anilines is 1. The number of nitrogens with zero attached hydrogens (tertiary/aromatic N) is 4. The molecule has 14 heteroatoms. The Bertz CT molecular complexity index is 1880. The first kappa shape index (κ1) is 38.0. The van der Waals surface area contributed by atoms with Gasteiger partial charge in [0.05, 0.1) is 11.3 Å². The van der Waals surface area contributed by atoms with Gasteiger partial charge in [-0.2, -0.15) is 10.5 Å². The first-order chi connectivity index (χ1) is 23.9. The predicted octanol–water partition coefficient (Wildman–Crippen LogP) is 8.22. The highest BCUT2D eigenvalue weighted by Gasteiger charge is 2.23. The summed E-state index contributed by atoms with van der Waals surface area (Å²) in [5, 5.41) is 30.2. The van der Waals surface area contributed by atoms with Crippen molar-refractivity contribution in [3.63, 3.8) is 0 Å². The van der Waals surface area contributed by atoms with Crippen LogP contribution in [0.3, 0.4) is 0 Å². The zero-order valence-corrected chi connectivity index (χ0v) is 30.7. The second-order valence-electron chi connectivity index (χ2n) is 11.9. The Labute approximate surface area is 304 Å². The summed E-state index contributed by atoms with van der Waals surface area (Å²) in [6.45, 7) is 9.31. The molecular formula is C36H37ClN6O5S2. The van der Waals surface area contributed by atoms with Crippen LogP contribution in [-0.2, 0) is 20.0 Å². The quantitative estimate of drug-likeness (QED) is 0.0731. The van der Waals surface area contributed by atoms with Gasteiger partial charge in [-0.15, -0.1) is 11.3 Å². The van der Waals surface area contributed by atoms with Gasteiger partial charge in [0.2, 0.25) is 0 Å². The number of rotatable bonds is 14. The molecule has 4 aromatic rings. The van der Waals surface area contributed by atoms with E-state index in [0.29, 0.717) is 45.0 Å². The number of ether oxygens (including phenoxy) is 3. The number of benzene rings is 2. The molecule has 0 unspecified atom stereocenters. The van der Waals surface area contributed by atoms with Crippen molar-refractivity contribution in [3.8, 4) is 39.6 Å². The van der Waals surface area contributed by atoms with E-state index in [4.69, 9.17) is 35.8 Å². The van der Waals surface area contributed by atoms with E-state index in [1.54, 1.807) is 45.0 Å². The first-order valence-electron chi connectivity index (χ1n) is 15.8. The van der Waals surface area contributed by atoms with Gasteiger partial charge in [-0.3, -0.25) is 0 Å². The van der Waals surface area contributed by atoms with E-state index < -0.39 is 23.7 Å². The number of esters is 1. The number of pyridine rings is 1. The van der Waals surface area contributed by atoms with E-state index in [9.17, 15) is 20.1 Å². The summed E-state index contributed by atoms with van der Waals surface area (Å²) in [5.41, 5.74) is 2.78. The van der Waals surface area contributed by atoms with E-state index in [1.165, 1.54) is 30.0 Å². The fourth-order valence-corrected chi connectivity index (χ4v) is 6.41. The minimum Gasteiger partial charge on any atom is -0.490 e. The fraction of sp³-hybridized carbons (Fsp3) is 0.333. The maximum atomic E-state index is 12.3. The number of nitriles is 2. The number of carbonyl (C=O) groups excluding carboxylic acids is 2. The number of thiazole rings is 1. The lowest BCUT2D eigenvalue weighted by Gasteiger charge is -2.21. The summed E-state index contributed by atoms with van der Waals surface area (Å²) in [7, 11) is 0. The van der Waals surface area contributed by atoms with Crippen LogP contribution >= 0.6 is 34.7 Å². The third kappa shape index (κ3) is 10.6. The second-order valence-corrected chi connectivity index (χ2v) is 14.1. The van der Waals surface area contributed by atoms with Crippen LogP contribution in [-0.4, -0.2) is 53.4 Å². The molecule has 0 saturated heterocycles. The lowest BCUT2D eigenvalue weighted by molar-refractivity contribution is -0.146. The van der Waals surface area contributed by atoms with Crippen molar-refractivity contribution in [2.24, 2.45) is 0 Å². The van der Waals surface area contributed by atoms with Crippen LogP contribution in [0, 0.1) is 22.7 Å². The van der Waals surface area contributed by atoms with E-state index in [-0.39, 0.29) is 24.3 Å². The molecule has 2 aromatic heterocycles. The predicted molar refractivity (Wildman–Crippen MR) is 195 cm³/mol. The van der Waals surface area contributed by atoms with Crippen LogP contribution in [0.5, 0.6) is 5.75 Å². The third-order valence-corrected chi connectivity index (χ3v) is 8.96. The van der Waals surface area contributed by atoms with Crippen LogP contribution in [0.1, 0.15) is 57.9 Å². The minimum absolute atomic E-state index is 0.0460. The maximum absolute atomic E-state index is 12.3. The molecule has 1 amide bonds. The molecule has 0 bridgehead atoms. The summed E-state index contributed by atoms with van der Waals surface area (Å²) in [5.74, 6) is 0.745. The van der Waals surface area contributed by atoms with Crippen molar-refractivity contribution in [2.45, 2.75) is 63.5 Å². The minimum atomic E-state index is -0.902. The van der Waals surface area contributed by atoms with Gasteiger partial charge in [-0.1, -0.05) is 54.6 Å². The number of hydrogen-bond donors (Lipinski definition) is 2. The van der Waals surface area contributed by atoms with Gasteiger partial charge in [-0.25, -0.2) is 19.6 Å². The molecule has 0 aliphatic heterocycles. The molecule has 260 valence electrons. The molecule has 1 atom stereocenters. The normalized spacial score (nSPS) is 11.5. The van der Waals surface area contributed by atoms with Crippen molar-refractivity contribution >= 4 is 52.6 Å². The Morgan fingerprint density at radius 1 is 1.00 bits per heavy atom. The number of halogens is 1. The highest BCUT2D eigenvalue weighted by atomic mass is 35.5. The number of amides is 1. The van der Waals surface area contributed by atoms with Crippen molar-refractivity contribution in [1.82, 2.24) is 15.3 Å². The number of alkyl carbamates (subject to hydrolysis) is 1. The maximum Gasteiger partial charge on any atom is 0.408 e. The second kappa shape index (κ2) is 17.7. The number of aromatic nitrogens is 2. The summed E-state index contributed by atoms with van der Waals surface area (Å²) in [4.78, 5) is 33.7. The van der Waals surface area contributed by atoms with E-state index in [0.717, 1.165) is 22.7 Å². The molecule has 0 spiro atoms. The van der Waals surface area contributed by atoms with E-state index in [2.05, 4.69) is 22.8 Å². The van der Waals surface area contributed by atoms with Crippen LogP contribution in [0.15, 0.2) is 58.9 Å². The van der Waals surface area contributed by atoms with Crippen molar-refractivity contribution in [1.29, 1.82) is 10.5 Å². The molecule has 4 rings (SSSR count). The topological polar surface area (TPSA) is 159 Å². The molecule has 0 aliphatic carbocycles. The molecule has 11 nitrogen and oxygen atoms in total. The average molecular weight is 733 g/mol. The Kier molecular flexibility index (Phi) is 13.5. The molecule has 2 heterocycles. The van der Waals surface area contributed by atoms with Crippen LogP contribution in [0.25, 0.3) is 21.7 Å². The smallest absolute Gasteiger partial charge is 0.408 e. The zero-order valence-electron chi connectivity index (χ0n) is 28.3. The Morgan fingerprint density at radius 3 is 2.32 bits per heavy atom. The number of thioether (sulfide) groups is 1. The molecule has 0 fully saturated rings. The number of hydrogen-bond acceptors (Lipinski definition) is 12. The lowest BCUT2D eigenvalue weighted by Crippen LogP contribution is -2.42. The highest BCUT2D eigenvalue weighted by Crippen LogP contribution is 2.38. The highest BCUT2D eigenvalue weighted by molar-refractivity contribution is 7.98. The fourth-order valence-electron chi connectivity index (χ4n) is 4.47. The molecule has 2 aromatic carbocycles. The van der Waals surface area contributed by atoms with Crippen molar-refractivity contribution < 1.29 is 23.8 Å². The standard InChI is InChI=1S/C36H37ClN6O5S2/c1-6-15-40-31-28(18-38)30(29(19-39)33(43-31)50-21-26-20-49-32(42-26)24-7-11-25(37)12-8-24)23-9-13-27(14-10-23)46-16-17-47-34(44)22(2)41-35(45)48-36(3,4)5/h7-14,20,22H,6,15-17,21H2,1-5H3,(H,40,43)(H,41,45)/t22-/m0/s1. The van der Waals surface area contributed by atoms with E-state index >= 15 is 0 Å². The Balaban J connectivity index is 1.46. The van der Waals surface area contributed by atoms with Gasteiger partial charge in [0.25, 0.3) is 0 Å². The Hall–Kier alpha value is -4.82. The summed E-state index contributed by atoms with van der Waals surface area (Å²) < 4.78 is 16.1. The monoisotopic (exact) mass is 732 g/mol. The Morgan fingerprint density at radius 2 is 1.68 bits per heavy atom. The summed E-state index contributed by atoms with van der Waals surface area (Å²) in [6, 6.07) is 18.1. The van der Waals surface area contributed by atoms with E-state index in [1.807, 2.05) is 36.6 Å². The lowest BCUT2D eigenvalue weighted by atomic mass is 9.96. The number of nitrogens with one attached hydrogen (secondary N) is 2. The van der Waals surface area contributed by atoms with Crippen LogP contribution in [0.2, 0.25) is 5.02 Å². The van der Waals surface area contributed by atoms with Crippen LogP contribution in [0.4, 0.5) is 10.6 Å². The number of carbonyl (C=O) groups is 2. The van der Waals surface area contributed by atoms with Gasteiger partial charge in [0.15, 0.2) is 0 Å².